The summed E-state index contributed by atoms with van der Waals surface area (Å²) in [6.07, 6.45) is 19.9. The van der Waals surface area contributed by atoms with E-state index in [2.05, 4.69) is 92.9 Å². The highest BCUT2D eigenvalue weighted by molar-refractivity contribution is 5.81. The first kappa shape index (κ1) is 38.3. The third kappa shape index (κ3) is 10.6. The lowest BCUT2D eigenvalue weighted by molar-refractivity contribution is 0.397. The molecule has 0 aliphatic heterocycles. The van der Waals surface area contributed by atoms with Crippen molar-refractivity contribution in [2.45, 2.75) is 118 Å². The molecule has 0 fully saturated rings. The number of rotatable bonds is 17. The normalized spacial score (nSPS) is 14.6. The van der Waals surface area contributed by atoms with E-state index >= 15 is 0 Å². The largest absolute Gasteiger partial charge is 0.504 e. The van der Waals surface area contributed by atoms with Crippen LogP contribution in [0.15, 0.2) is 96.2 Å². The van der Waals surface area contributed by atoms with E-state index in [4.69, 9.17) is 0 Å². The molecule has 2 aromatic carbocycles. The van der Waals surface area contributed by atoms with Crippen molar-refractivity contribution in [1.29, 1.82) is 0 Å². The van der Waals surface area contributed by atoms with Crippen LogP contribution in [0.2, 0.25) is 0 Å². The Bertz CT molecular complexity index is 1380. The number of benzene rings is 2. The van der Waals surface area contributed by atoms with Gasteiger partial charge < -0.3 is 20.4 Å². The van der Waals surface area contributed by atoms with E-state index in [1.165, 1.54) is 22.3 Å². The lowest BCUT2D eigenvalue weighted by atomic mass is 9.76. The second-order valence-electron chi connectivity index (χ2n) is 13.8. The van der Waals surface area contributed by atoms with Gasteiger partial charge in [-0.1, -0.05) is 72.6 Å². The molecule has 0 bridgehead atoms. The van der Waals surface area contributed by atoms with Crippen molar-refractivity contribution in [2.75, 3.05) is 0 Å². The van der Waals surface area contributed by atoms with Crippen molar-refractivity contribution in [1.82, 2.24) is 0 Å². The highest BCUT2D eigenvalue weighted by Crippen LogP contribution is 2.49. The lowest BCUT2D eigenvalue weighted by Gasteiger charge is -2.29. The number of phenols is 4. The van der Waals surface area contributed by atoms with Gasteiger partial charge in [-0.25, -0.2) is 0 Å². The minimum Gasteiger partial charge on any atom is -0.504 e. The molecule has 0 aromatic heterocycles. The standard InChI is InChI=1S/C42H58O4/c1-11-41(9,23-15-21-31(7)19-13-17-29(3)4)33-25-35(39(45)37(43)27-33)36-26-34(28-38(44)40(36)46)42(10,12-2)24-16-22-32(8)20-14-18-30(5)6/h11-12,17-18,21-22,25-28,43-46H,1-2,13-16,19-20,23-24H2,3-10H3/t41-,42+. The second-order valence-corrected chi connectivity index (χ2v) is 13.8. The van der Waals surface area contributed by atoms with Gasteiger partial charge >= 0.3 is 0 Å². The first-order valence-corrected chi connectivity index (χ1v) is 16.5. The van der Waals surface area contributed by atoms with Gasteiger partial charge in [0.15, 0.2) is 23.0 Å². The molecule has 0 aliphatic carbocycles. The van der Waals surface area contributed by atoms with Crippen LogP contribution < -0.4 is 0 Å². The zero-order valence-corrected chi connectivity index (χ0v) is 29.6. The predicted molar refractivity (Wildman–Crippen MR) is 197 cm³/mol. The summed E-state index contributed by atoms with van der Waals surface area (Å²) in [5.41, 5.74) is 6.27. The van der Waals surface area contributed by atoms with Gasteiger partial charge in [-0.3, -0.25) is 0 Å². The number of hydrogen-bond donors (Lipinski definition) is 4. The van der Waals surface area contributed by atoms with Crippen molar-refractivity contribution in [3.63, 3.8) is 0 Å². The van der Waals surface area contributed by atoms with Crippen LogP contribution in [0.5, 0.6) is 23.0 Å². The van der Waals surface area contributed by atoms with Gasteiger partial charge in [0, 0.05) is 22.0 Å². The smallest absolute Gasteiger partial charge is 0.165 e. The Morgan fingerprint density at radius 3 is 1.22 bits per heavy atom. The van der Waals surface area contributed by atoms with Crippen LogP contribution in [-0.2, 0) is 10.8 Å². The molecular weight excluding hydrogens is 568 g/mol. The monoisotopic (exact) mass is 626 g/mol. The molecule has 0 amide bonds. The third-order valence-electron chi connectivity index (χ3n) is 9.19. The fourth-order valence-corrected chi connectivity index (χ4v) is 5.65. The van der Waals surface area contributed by atoms with Crippen LogP contribution in [0, 0.1) is 0 Å². The predicted octanol–water partition coefficient (Wildman–Crippen LogP) is 12.0. The maximum atomic E-state index is 11.0. The minimum absolute atomic E-state index is 0.243. The first-order valence-electron chi connectivity index (χ1n) is 16.5. The zero-order valence-electron chi connectivity index (χ0n) is 29.6. The highest BCUT2D eigenvalue weighted by Gasteiger charge is 2.29. The Balaban J connectivity index is 2.45. The van der Waals surface area contributed by atoms with E-state index in [0.717, 1.165) is 62.5 Å². The van der Waals surface area contributed by atoms with Crippen molar-refractivity contribution in [2.24, 2.45) is 0 Å². The highest BCUT2D eigenvalue weighted by atomic mass is 16.3. The Hall–Kier alpha value is -3.92. The molecule has 2 aromatic rings. The molecule has 46 heavy (non-hydrogen) atoms. The molecule has 4 N–H and O–H groups in total. The fraction of sp³-hybridized carbons (Fsp3) is 0.429. The van der Waals surface area contributed by atoms with E-state index < -0.39 is 10.8 Å². The van der Waals surface area contributed by atoms with Gasteiger partial charge in [-0.2, -0.15) is 0 Å². The molecule has 2 rings (SSSR count). The molecule has 0 unspecified atom stereocenters. The lowest BCUT2D eigenvalue weighted by Crippen LogP contribution is -2.19. The maximum Gasteiger partial charge on any atom is 0.165 e. The van der Waals surface area contributed by atoms with Gasteiger partial charge in [-0.15, -0.1) is 13.2 Å². The number of hydrogen-bond acceptors (Lipinski definition) is 4. The summed E-state index contributed by atoms with van der Waals surface area (Å²) in [6, 6.07) is 6.69. The Morgan fingerprint density at radius 1 is 0.565 bits per heavy atom. The van der Waals surface area contributed by atoms with Crippen molar-refractivity contribution in [3.05, 3.63) is 107 Å². The van der Waals surface area contributed by atoms with Crippen molar-refractivity contribution in [3.8, 4) is 34.1 Å². The summed E-state index contributed by atoms with van der Waals surface area (Å²) < 4.78 is 0. The summed E-state index contributed by atoms with van der Waals surface area (Å²) in [6.45, 7) is 25.1. The molecule has 0 radical (unpaired) electrons. The van der Waals surface area contributed by atoms with Crippen LogP contribution in [-0.4, -0.2) is 20.4 Å². The van der Waals surface area contributed by atoms with Gasteiger partial charge in [0.25, 0.3) is 0 Å². The molecular formula is C42H58O4. The number of allylic oxidation sites excluding steroid dienone is 10. The Morgan fingerprint density at radius 2 is 0.913 bits per heavy atom. The van der Waals surface area contributed by atoms with E-state index in [9.17, 15) is 20.4 Å². The average Bonchev–Trinajstić information content (AvgIpc) is 2.99. The Kier molecular flexibility index (Phi) is 14.2. The molecule has 250 valence electrons. The molecule has 0 aliphatic rings. The summed E-state index contributed by atoms with van der Waals surface area (Å²) in [4.78, 5) is 0. The van der Waals surface area contributed by atoms with E-state index in [1.54, 1.807) is 24.3 Å². The van der Waals surface area contributed by atoms with E-state index in [-0.39, 0.29) is 34.1 Å². The van der Waals surface area contributed by atoms with Gasteiger partial charge in [0.2, 0.25) is 0 Å². The van der Waals surface area contributed by atoms with Crippen molar-refractivity contribution < 1.29 is 20.4 Å². The zero-order chi connectivity index (χ0) is 34.7. The Labute approximate surface area is 278 Å². The molecule has 4 heteroatoms. The maximum absolute atomic E-state index is 11.0. The quantitative estimate of drug-likeness (QED) is 0.104. The SMILES string of the molecule is C=C[C@@](C)(CCC=C(C)CCC=C(C)C)c1cc(O)c(O)c(-c2cc([C@](C)(C=C)CCC=C(C)CCC=C(C)C)cc(O)c2O)c1. The summed E-state index contributed by atoms with van der Waals surface area (Å²) in [7, 11) is 0. The molecule has 0 saturated heterocycles. The van der Waals surface area contributed by atoms with E-state index in [0.29, 0.717) is 0 Å². The summed E-state index contributed by atoms with van der Waals surface area (Å²) in [5, 5.41) is 43.8. The van der Waals surface area contributed by atoms with Crippen LogP contribution in [0.25, 0.3) is 11.1 Å². The van der Waals surface area contributed by atoms with E-state index in [1.807, 2.05) is 12.2 Å². The second kappa shape index (κ2) is 17.1. The van der Waals surface area contributed by atoms with Crippen LogP contribution in [0.4, 0.5) is 0 Å². The molecule has 2 atom stereocenters. The topological polar surface area (TPSA) is 80.9 Å². The first-order chi connectivity index (χ1) is 21.6. The summed E-state index contributed by atoms with van der Waals surface area (Å²) >= 11 is 0. The van der Waals surface area contributed by atoms with Gasteiger partial charge in [0.05, 0.1) is 0 Å². The average molecular weight is 627 g/mol. The molecule has 0 heterocycles. The van der Waals surface area contributed by atoms with Gasteiger partial charge in [0.1, 0.15) is 0 Å². The molecule has 0 saturated carbocycles. The number of aromatic hydroxyl groups is 4. The van der Waals surface area contributed by atoms with Crippen LogP contribution >= 0.6 is 0 Å². The molecule has 4 nitrogen and oxygen atoms in total. The number of phenolic OH excluding ortho intramolecular Hbond substituents is 4. The van der Waals surface area contributed by atoms with Gasteiger partial charge in [-0.05, 0) is 128 Å². The van der Waals surface area contributed by atoms with Crippen molar-refractivity contribution >= 4 is 0 Å². The van der Waals surface area contributed by atoms with Crippen LogP contribution in [0.3, 0.4) is 0 Å². The summed E-state index contributed by atoms with van der Waals surface area (Å²) in [5.74, 6) is -1.29. The third-order valence-corrected chi connectivity index (χ3v) is 9.19. The minimum atomic E-state index is -0.517. The van der Waals surface area contributed by atoms with Crippen LogP contribution in [0.1, 0.15) is 118 Å². The fourth-order valence-electron chi connectivity index (χ4n) is 5.65. The molecule has 0 spiro atoms.